The molecule has 1 aliphatic rings. The molecule has 5 nitrogen and oxygen atoms in total. The lowest BCUT2D eigenvalue weighted by atomic mass is 10.2. The van der Waals surface area contributed by atoms with Gasteiger partial charge in [-0.25, -0.2) is 0 Å². The summed E-state index contributed by atoms with van der Waals surface area (Å²) < 4.78 is 24.4. The van der Waals surface area contributed by atoms with Crippen LogP contribution in [-0.4, -0.2) is 50.2 Å². The van der Waals surface area contributed by atoms with Crippen LogP contribution in [0.1, 0.15) is 31.3 Å². The molecule has 0 spiro atoms. The minimum Gasteiger partial charge on any atom is -0.305 e. The highest BCUT2D eigenvalue weighted by atomic mass is 32.1. The van der Waals surface area contributed by atoms with Gasteiger partial charge in [0.2, 0.25) is 0 Å². The van der Waals surface area contributed by atoms with Gasteiger partial charge in [0.05, 0.1) is 19.4 Å². The Morgan fingerprint density at radius 1 is 1.19 bits per heavy atom. The van der Waals surface area contributed by atoms with Gasteiger partial charge in [-0.3, -0.25) is 14.4 Å². The SMILES string of the molecule is CCOP(=O)(OCC)c1ccc(C2N(C)CCCN2C)s1. The Balaban J connectivity index is 2.25. The molecule has 0 aliphatic carbocycles. The van der Waals surface area contributed by atoms with Crippen molar-refractivity contribution in [3.05, 3.63) is 17.0 Å². The van der Waals surface area contributed by atoms with Gasteiger partial charge in [-0.2, -0.15) is 0 Å². The van der Waals surface area contributed by atoms with Gasteiger partial charge >= 0.3 is 7.60 Å². The van der Waals surface area contributed by atoms with Gasteiger partial charge in [0.15, 0.2) is 0 Å². The maximum Gasteiger partial charge on any atom is 0.371 e. The summed E-state index contributed by atoms with van der Waals surface area (Å²) in [6, 6.07) is 3.94. The molecule has 0 bridgehead atoms. The van der Waals surface area contributed by atoms with E-state index in [0.29, 0.717) is 17.8 Å². The molecule has 1 aromatic heterocycles. The van der Waals surface area contributed by atoms with Crippen molar-refractivity contribution in [2.45, 2.75) is 26.4 Å². The normalized spacial score (nSPS) is 19.2. The van der Waals surface area contributed by atoms with Crippen molar-refractivity contribution in [2.24, 2.45) is 0 Å². The number of hydrogen-bond acceptors (Lipinski definition) is 6. The molecule has 0 N–H and O–H groups in total. The van der Waals surface area contributed by atoms with E-state index in [0.717, 1.165) is 13.1 Å². The van der Waals surface area contributed by atoms with E-state index in [1.807, 2.05) is 26.0 Å². The van der Waals surface area contributed by atoms with Gasteiger partial charge in [0.25, 0.3) is 0 Å². The fourth-order valence-corrected chi connectivity index (χ4v) is 6.04. The second kappa shape index (κ2) is 7.36. The molecular weight excluding hydrogens is 307 g/mol. The average molecular weight is 332 g/mol. The summed E-state index contributed by atoms with van der Waals surface area (Å²) in [5.41, 5.74) is 0. The van der Waals surface area contributed by atoms with Gasteiger partial charge in [-0.05, 0) is 46.5 Å². The van der Waals surface area contributed by atoms with Crippen LogP contribution in [0.25, 0.3) is 0 Å². The monoisotopic (exact) mass is 332 g/mol. The van der Waals surface area contributed by atoms with Crippen molar-refractivity contribution in [1.82, 2.24) is 9.80 Å². The molecule has 1 saturated heterocycles. The maximum atomic E-state index is 12.8. The molecule has 1 aliphatic heterocycles. The Bertz CT molecular complexity index is 488. The first-order chi connectivity index (χ1) is 10.0. The molecule has 1 fully saturated rings. The van der Waals surface area contributed by atoms with Gasteiger partial charge in [-0.15, -0.1) is 11.3 Å². The second-order valence-corrected chi connectivity index (χ2v) is 8.61. The van der Waals surface area contributed by atoms with E-state index in [1.54, 1.807) is 0 Å². The summed E-state index contributed by atoms with van der Waals surface area (Å²) in [5, 5.41) is 0. The highest BCUT2D eigenvalue weighted by Crippen LogP contribution is 2.49. The summed E-state index contributed by atoms with van der Waals surface area (Å²) in [4.78, 5) is 5.84. The fourth-order valence-electron chi connectivity index (χ4n) is 2.72. The maximum absolute atomic E-state index is 12.8. The molecule has 0 atom stereocenters. The second-order valence-electron chi connectivity index (χ2n) is 5.20. The zero-order valence-corrected chi connectivity index (χ0v) is 15.0. The third kappa shape index (κ3) is 3.76. The molecular formula is C14H25N2O3PS. The Morgan fingerprint density at radius 2 is 1.76 bits per heavy atom. The number of rotatable bonds is 6. The Kier molecular flexibility index (Phi) is 6.00. The molecule has 0 unspecified atom stereocenters. The lowest BCUT2D eigenvalue weighted by Gasteiger charge is -2.39. The largest absolute Gasteiger partial charge is 0.371 e. The third-order valence-corrected chi connectivity index (χ3v) is 7.35. The topological polar surface area (TPSA) is 42.0 Å². The van der Waals surface area contributed by atoms with Crippen LogP contribution in [0.4, 0.5) is 0 Å². The zero-order chi connectivity index (χ0) is 15.5. The van der Waals surface area contributed by atoms with Crippen LogP contribution in [0.3, 0.4) is 0 Å². The zero-order valence-electron chi connectivity index (χ0n) is 13.2. The van der Waals surface area contributed by atoms with Crippen molar-refractivity contribution in [3.63, 3.8) is 0 Å². The van der Waals surface area contributed by atoms with Gasteiger partial charge in [-0.1, -0.05) is 0 Å². The summed E-state index contributed by atoms with van der Waals surface area (Å²) >= 11 is 1.54. The van der Waals surface area contributed by atoms with Crippen LogP contribution in [0.2, 0.25) is 0 Å². The van der Waals surface area contributed by atoms with Crippen LogP contribution in [-0.2, 0) is 13.6 Å². The van der Waals surface area contributed by atoms with Gasteiger partial charge < -0.3 is 9.05 Å². The van der Waals surface area contributed by atoms with Crippen molar-refractivity contribution < 1.29 is 13.6 Å². The molecule has 0 aromatic carbocycles. The van der Waals surface area contributed by atoms with E-state index >= 15 is 0 Å². The first-order valence-electron chi connectivity index (χ1n) is 7.41. The minimum absolute atomic E-state index is 0.245. The molecule has 21 heavy (non-hydrogen) atoms. The number of hydrogen-bond donors (Lipinski definition) is 0. The van der Waals surface area contributed by atoms with Crippen LogP contribution >= 0.6 is 18.9 Å². The van der Waals surface area contributed by atoms with Gasteiger partial charge in [0, 0.05) is 18.0 Å². The molecule has 1 aromatic rings. The minimum atomic E-state index is -3.16. The van der Waals surface area contributed by atoms with Crippen LogP contribution < -0.4 is 4.62 Å². The van der Waals surface area contributed by atoms with E-state index in [9.17, 15) is 4.57 Å². The quantitative estimate of drug-likeness (QED) is 0.749. The summed E-state index contributed by atoms with van der Waals surface area (Å²) in [5.74, 6) is 0. The average Bonchev–Trinajstić information content (AvgIpc) is 2.89. The van der Waals surface area contributed by atoms with Crippen LogP contribution in [0.15, 0.2) is 12.1 Å². The molecule has 120 valence electrons. The van der Waals surface area contributed by atoms with E-state index < -0.39 is 7.60 Å². The molecule has 0 radical (unpaired) electrons. The Hall–Kier alpha value is -0.230. The van der Waals surface area contributed by atoms with E-state index in [4.69, 9.17) is 9.05 Å². The molecule has 2 rings (SSSR count). The van der Waals surface area contributed by atoms with E-state index in [-0.39, 0.29) is 6.17 Å². The predicted molar refractivity (Wildman–Crippen MR) is 87.4 cm³/mol. The number of nitrogens with zero attached hydrogens (tertiary/aromatic N) is 2. The first kappa shape index (κ1) is 17.1. The Morgan fingerprint density at radius 3 is 2.29 bits per heavy atom. The van der Waals surface area contributed by atoms with Crippen LogP contribution in [0, 0.1) is 0 Å². The molecule has 0 saturated carbocycles. The smallest absolute Gasteiger partial charge is 0.305 e. The van der Waals surface area contributed by atoms with Crippen molar-refractivity contribution >= 4 is 23.6 Å². The molecule has 2 heterocycles. The Labute approximate surface area is 131 Å². The van der Waals surface area contributed by atoms with E-state index in [2.05, 4.69) is 23.9 Å². The van der Waals surface area contributed by atoms with Crippen molar-refractivity contribution in [2.75, 3.05) is 40.4 Å². The van der Waals surface area contributed by atoms with E-state index in [1.165, 1.54) is 22.6 Å². The summed E-state index contributed by atoms with van der Waals surface area (Å²) in [7, 11) is 1.10. The van der Waals surface area contributed by atoms with Gasteiger partial charge in [0.1, 0.15) is 4.62 Å². The lowest BCUT2D eigenvalue weighted by molar-refractivity contribution is 0.0440. The number of thiophene rings is 1. The predicted octanol–water partition coefficient (Wildman–Crippen LogP) is 2.91. The van der Waals surface area contributed by atoms with Crippen LogP contribution in [0.5, 0.6) is 0 Å². The highest BCUT2D eigenvalue weighted by Gasteiger charge is 2.32. The van der Waals surface area contributed by atoms with Crippen molar-refractivity contribution in [1.29, 1.82) is 0 Å². The first-order valence-corrected chi connectivity index (χ1v) is 9.77. The van der Waals surface area contributed by atoms with Crippen molar-refractivity contribution in [3.8, 4) is 0 Å². The third-order valence-electron chi connectivity index (χ3n) is 3.59. The standard InChI is InChI=1S/C14H25N2O3PS/c1-5-18-20(17,19-6-2)13-9-8-12(21-13)14-15(3)10-7-11-16(14)4/h8-9,14H,5-7,10-11H2,1-4H3. The summed E-state index contributed by atoms with van der Waals surface area (Å²) in [6.45, 7) is 6.60. The highest BCUT2D eigenvalue weighted by molar-refractivity contribution is 7.68. The molecule has 0 amide bonds. The lowest BCUT2D eigenvalue weighted by Crippen LogP contribution is -2.43. The molecule has 7 heteroatoms. The summed E-state index contributed by atoms with van der Waals surface area (Å²) in [6.07, 6.45) is 1.42. The fraction of sp³-hybridized carbons (Fsp3) is 0.714.